The molecule has 2 aromatic carbocycles. The molecule has 0 saturated heterocycles. The van der Waals surface area contributed by atoms with Crippen LogP contribution in [0.5, 0.6) is 0 Å². The van der Waals surface area contributed by atoms with E-state index < -0.39 is 10.0 Å². The molecule has 0 aliphatic heterocycles. The van der Waals surface area contributed by atoms with Crippen molar-refractivity contribution in [1.82, 2.24) is 15.0 Å². The van der Waals surface area contributed by atoms with Crippen molar-refractivity contribution in [2.45, 2.75) is 11.3 Å². The monoisotopic (exact) mass is 391 g/mol. The lowest BCUT2D eigenvalue weighted by Crippen LogP contribution is -2.32. The molecule has 1 heterocycles. The molecule has 1 aromatic heterocycles. The molecule has 0 aliphatic carbocycles. The molecule has 5 nitrogen and oxygen atoms in total. The number of aromatic nitrogens is 1. The molecular weight excluding hydrogens is 370 g/mol. The number of sulfonamides is 1. The minimum Gasteiger partial charge on any atom is -0.315 e. The maximum Gasteiger partial charge on any atom is 0.241 e. The molecule has 0 spiro atoms. The van der Waals surface area contributed by atoms with Gasteiger partial charge in [-0.05, 0) is 30.7 Å². The van der Waals surface area contributed by atoms with Gasteiger partial charge < -0.3 is 5.32 Å². The van der Waals surface area contributed by atoms with Gasteiger partial charge in [0.15, 0.2) is 0 Å². The first-order valence-corrected chi connectivity index (χ1v) is 9.72. The number of nitrogens with zero attached hydrogens (tertiary/aromatic N) is 1. The summed E-state index contributed by atoms with van der Waals surface area (Å²) in [6.45, 7) is 1.74. The maximum atomic E-state index is 12.5. The predicted octanol–water partition coefficient (Wildman–Crippen LogP) is 2.77. The number of halogens is 1. The molecule has 0 aliphatic rings. The van der Waals surface area contributed by atoms with Crippen molar-refractivity contribution in [3.8, 4) is 0 Å². The van der Waals surface area contributed by atoms with E-state index >= 15 is 0 Å². The van der Waals surface area contributed by atoms with Crippen LogP contribution in [0, 0.1) is 0 Å². The second kappa shape index (κ2) is 9.64. The van der Waals surface area contributed by atoms with Gasteiger partial charge in [-0.1, -0.05) is 42.5 Å². The first-order chi connectivity index (χ1) is 12.2. The number of hydrogen-bond acceptors (Lipinski definition) is 4. The van der Waals surface area contributed by atoms with Crippen molar-refractivity contribution in [3.63, 3.8) is 0 Å². The predicted molar refractivity (Wildman–Crippen MR) is 107 cm³/mol. The molecule has 2 N–H and O–H groups in total. The maximum absolute atomic E-state index is 12.5. The molecule has 0 saturated carbocycles. The third-order valence-corrected chi connectivity index (χ3v) is 5.48. The van der Waals surface area contributed by atoms with Crippen molar-refractivity contribution >= 4 is 33.2 Å². The quantitative estimate of drug-likeness (QED) is 0.579. The van der Waals surface area contributed by atoms with Crippen molar-refractivity contribution in [2.24, 2.45) is 0 Å². The van der Waals surface area contributed by atoms with Crippen LogP contribution < -0.4 is 10.0 Å². The third kappa shape index (κ3) is 5.25. The standard InChI is InChI=1S/C19H21N3O2S.ClH/c23-25(24,19-8-4-7-17-15-21-12-10-18(17)19)22-14-13-20-11-9-16-5-2-1-3-6-16;/h1-8,10,12,15,20,22H,9,11,13-14H2;1H. The summed E-state index contributed by atoms with van der Waals surface area (Å²) in [6.07, 6.45) is 4.19. The van der Waals surface area contributed by atoms with E-state index in [9.17, 15) is 8.42 Å². The zero-order valence-electron chi connectivity index (χ0n) is 14.3. The average molecular weight is 392 g/mol. The van der Waals surface area contributed by atoms with Crippen LogP contribution in [-0.4, -0.2) is 33.0 Å². The van der Waals surface area contributed by atoms with Gasteiger partial charge >= 0.3 is 0 Å². The summed E-state index contributed by atoms with van der Waals surface area (Å²) in [5.74, 6) is 0. The number of pyridine rings is 1. The van der Waals surface area contributed by atoms with Gasteiger partial charge in [0, 0.05) is 36.3 Å². The van der Waals surface area contributed by atoms with Crippen LogP contribution in [0.1, 0.15) is 5.56 Å². The molecule has 0 bridgehead atoms. The number of hydrogen-bond donors (Lipinski definition) is 2. The number of nitrogens with one attached hydrogen (secondary N) is 2. The van der Waals surface area contributed by atoms with Gasteiger partial charge in [0.25, 0.3) is 0 Å². The Morgan fingerprint density at radius 1 is 0.885 bits per heavy atom. The van der Waals surface area contributed by atoms with Gasteiger partial charge in [-0.3, -0.25) is 4.98 Å². The Bertz CT molecular complexity index is 928. The lowest BCUT2D eigenvalue weighted by atomic mass is 10.1. The molecule has 0 unspecified atom stereocenters. The molecule has 0 amide bonds. The van der Waals surface area contributed by atoms with Gasteiger partial charge in [0.05, 0.1) is 4.90 Å². The topological polar surface area (TPSA) is 71.1 Å². The molecule has 0 atom stereocenters. The molecule has 138 valence electrons. The van der Waals surface area contributed by atoms with E-state index in [0.717, 1.165) is 18.4 Å². The van der Waals surface area contributed by atoms with Gasteiger partial charge in [-0.25, -0.2) is 13.1 Å². The number of rotatable bonds is 8. The summed E-state index contributed by atoms with van der Waals surface area (Å²) in [5.41, 5.74) is 1.26. The van der Waals surface area contributed by atoms with Crippen LogP contribution in [0.25, 0.3) is 10.8 Å². The third-order valence-electron chi connectivity index (χ3n) is 3.96. The van der Waals surface area contributed by atoms with Crippen LogP contribution in [0.2, 0.25) is 0 Å². The lowest BCUT2D eigenvalue weighted by Gasteiger charge is -2.10. The fourth-order valence-corrected chi connectivity index (χ4v) is 3.94. The van der Waals surface area contributed by atoms with Crippen LogP contribution >= 0.6 is 12.4 Å². The second-order valence-corrected chi connectivity index (χ2v) is 7.47. The highest BCUT2D eigenvalue weighted by atomic mass is 35.5. The first kappa shape index (κ1) is 20.3. The molecule has 3 aromatic rings. The minimum absolute atomic E-state index is 0. The summed E-state index contributed by atoms with van der Waals surface area (Å²) >= 11 is 0. The summed E-state index contributed by atoms with van der Waals surface area (Å²) < 4.78 is 27.7. The fourth-order valence-electron chi connectivity index (χ4n) is 2.68. The van der Waals surface area contributed by atoms with E-state index in [1.165, 1.54) is 5.56 Å². The highest BCUT2D eigenvalue weighted by Gasteiger charge is 2.16. The number of fused-ring (bicyclic) bond motifs is 1. The Labute approximate surface area is 160 Å². The van der Waals surface area contributed by atoms with Crippen LogP contribution in [0.3, 0.4) is 0 Å². The highest BCUT2D eigenvalue weighted by molar-refractivity contribution is 7.89. The molecule has 26 heavy (non-hydrogen) atoms. The Balaban J connectivity index is 0.00000243. The SMILES string of the molecule is Cl.O=S(=O)(NCCNCCc1ccccc1)c1cccc2cnccc12. The van der Waals surface area contributed by atoms with Crippen molar-refractivity contribution < 1.29 is 8.42 Å². The highest BCUT2D eigenvalue weighted by Crippen LogP contribution is 2.21. The Morgan fingerprint density at radius 3 is 2.50 bits per heavy atom. The fraction of sp³-hybridized carbons (Fsp3) is 0.211. The van der Waals surface area contributed by atoms with E-state index in [2.05, 4.69) is 27.2 Å². The average Bonchev–Trinajstić information content (AvgIpc) is 2.65. The molecule has 7 heteroatoms. The smallest absolute Gasteiger partial charge is 0.241 e. The molecular formula is C19H22ClN3O2S. The molecule has 3 rings (SSSR count). The van der Waals surface area contributed by atoms with Gasteiger partial charge in [0.2, 0.25) is 10.0 Å². The second-order valence-electron chi connectivity index (χ2n) is 5.74. The van der Waals surface area contributed by atoms with Gasteiger partial charge in [-0.15, -0.1) is 12.4 Å². The van der Waals surface area contributed by atoms with Crippen molar-refractivity contribution in [3.05, 3.63) is 72.6 Å². The van der Waals surface area contributed by atoms with E-state index in [4.69, 9.17) is 0 Å². The lowest BCUT2D eigenvalue weighted by molar-refractivity contribution is 0.577. The van der Waals surface area contributed by atoms with Crippen LogP contribution in [0.4, 0.5) is 0 Å². The zero-order valence-corrected chi connectivity index (χ0v) is 15.9. The molecule has 0 radical (unpaired) electrons. The summed E-state index contributed by atoms with van der Waals surface area (Å²) in [5, 5.41) is 4.75. The first-order valence-electron chi connectivity index (χ1n) is 8.24. The summed E-state index contributed by atoms with van der Waals surface area (Å²) in [7, 11) is -3.54. The Kier molecular flexibility index (Phi) is 7.53. The Hall–Kier alpha value is -1.99. The van der Waals surface area contributed by atoms with Crippen LogP contribution in [-0.2, 0) is 16.4 Å². The van der Waals surface area contributed by atoms with Gasteiger partial charge in [0.1, 0.15) is 0 Å². The van der Waals surface area contributed by atoms with Crippen molar-refractivity contribution in [2.75, 3.05) is 19.6 Å². The van der Waals surface area contributed by atoms with E-state index in [1.54, 1.807) is 30.6 Å². The number of benzene rings is 2. The van der Waals surface area contributed by atoms with E-state index in [1.807, 2.05) is 24.3 Å². The summed E-state index contributed by atoms with van der Waals surface area (Å²) in [6, 6.07) is 17.1. The molecule has 0 fully saturated rings. The normalized spacial score (nSPS) is 11.2. The van der Waals surface area contributed by atoms with E-state index in [0.29, 0.717) is 18.5 Å². The van der Waals surface area contributed by atoms with Crippen LogP contribution in [0.15, 0.2) is 71.9 Å². The summed E-state index contributed by atoms with van der Waals surface area (Å²) in [4.78, 5) is 4.32. The zero-order chi connectivity index (χ0) is 17.5. The van der Waals surface area contributed by atoms with Crippen molar-refractivity contribution in [1.29, 1.82) is 0 Å². The van der Waals surface area contributed by atoms with Gasteiger partial charge in [-0.2, -0.15) is 0 Å². The largest absolute Gasteiger partial charge is 0.315 e. The van der Waals surface area contributed by atoms with E-state index in [-0.39, 0.29) is 17.3 Å². The minimum atomic E-state index is -3.54. The Morgan fingerprint density at radius 2 is 1.69 bits per heavy atom.